The molecule has 0 aromatic carbocycles. The maximum absolute atomic E-state index is 11.6. The number of carbonyl (C=O) groups excluding carboxylic acids is 1. The molecule has 1 atom stereocenters. The van der Waals surface area contributed by atoms with Crippen molar-refractivity contribution in [1.82, 2.24) is 0 Å². The summed E-state index contributed by atoms with van der Waals surface area (Å²) in [6.45, 7) is 9.94. The maximum atomic E-state index is 11.6. The number of hydrogen-bond donors (Lipinski definition) is 1. The zero-order valence-electron chi connectivity index (χ0n) is 12.5. The molecule has 0 saturated carbocycles. The highest BCUT2D eigenvalue weighted by Crippen LogP contribution is 2.44. The van der Waals surface area contributed by atoms with Crippen molar-refractivity contribution in [3.8, 4) is 0 Å². The molecule has 2 nitrogen and oxygen atoms in total. The standard InChI is InChI=1S/C16H24O2S/c1-11(2)7-6-8-12(3)9-10-16(5)14(17)13(4)15(18)19-16/h7,9,17H,6,8,10H2,1-5H3/b12-9+. The Bertz CT molecular complexity index is 453. The van der Waals surface area contributed by atoms with E-state index in [9.17, 15) is 9.90 Å². The zero-order valence-corrected chi connectivity index (χ0v) is 13.4. The smallest absolute Gasteiger partial charge is 0.219 e. The first-order valence-corrected chi connectivity index (χ1v) is 7.50. The van der Waals surface area contributed by atoms with Gasteiger partial charge in [-0.2, -0.15) is 0 Å². The highest BCUT2D eigenvalue weighted by atomic mass is 32.2. The zero-order chi connectivity index (χ0) is 14.6. The van der Waals surface area contributed by atoms with Gasteiger partial charge in [-0.25, -0.2) is 0 Å². The van der Waals surface area contributed by atoms with Gasteiger partial charge < -0.3 is 5.11 Å². The predicted octanol–water partition coefficient (Wildman–Crippen LogP) is 4.93. The summed E-state index contributed by atoms with van der Waals surface area (Å²) in [5, 5.41) is 10.0. The van der Waals surface area contributed by atoms with Crippen LogP contribution in [-0.2, 0) is 4.79 Å². The van der Waals surface area contributed by atoms with Crippen molar-refractivity contribution < 1.29 is 9.90 Å². The van der Waals surface area contributed by atoms with Gasteiger partial charge in [-0.3, -0.25) is 4.79 Å². The average Bonchev–Trinajstić information content (AvgIpc) is 2.51. The van der Waals surface area contributed by atoms with E-state index in [0.717, 1.165) is 12.8 Å². The Balaban J connectivity index is 2.61. The lowest BCUT2D eigenvalue weighted by Crippen LogP contribution is -2.19. The lowest BCUT2D eigenvalue weighted by Gasteiger charge is -2.20. The number of allylic oxidation sites excluding steroid dienone is 4. The topological polar surface area (TPSA) is 37.3 Å². The van der Waals surface area contributed by atoms with Gasteiger partial charge in [0.1, 0.15) is 5.76 Å². The number of thioether (sulfide) groups is 1. The minimum absolute atomic E-state index is 0.00408. The first kappa shape index (κ1) is 16.1. The Morgan fingerprint density at radius 3 is 2.42 bits per heavy atom. The van der Waals surface area contributed by atoms with Gasteiger partial charge in [-0.1, -0.05) is 35.1 Å². The molecule has 0 bridgehead atoms. The van der Waals surface area contributed by atoms with Crippen molar-refractivity contribution in [3.63, 3.8) is 0 Å². The van der Waals surface area contributed by atoms with Crippen LogP contribution in [0.2, 0.25) is 0 Å². The normalized spacial score (nSPS) is 24.1. The van der Waals surface area contributed by atoms with E-state index in [1.54, 1.807) is 6.92 Å². The summed E-state index contributed by atoms with van der Waals surface area (Å²) >= 11 is 1.24. The van der Waals surface area contributed by atoms with Crippen LogP contribution in [0.3, 0.4) is 0 Å². The van der Waals surface area contributed by atoms with Crippen LogP contribution in [-0.4, -0.2) is 15.0 Å². The Hall–Kier alpha value is -0.960. The van der Waals surface area contributed by atoms with Crippen molar-refractivity contribution in [3.05, 3.63) is 34.6 Å². The molecular weight excluding hydrogens is 256 g/mol. The number of rotatable bonds is 5. The van der Waals surface area contributed by atoms with Crippen LogP contribution in [0.25, 0.3) is 0 Å². The Labute approximate surface area is 120 Å². The van der Waals surface area contributed by atoms with Crippen molar-refractivity contribution in [2.24, 2.45) is 0 Å². The van der Waals surface area contributed by atoms with Crippen molar-refractivity contribution >= 4 is 16.9 Å². The van der Waals surface area contributed by atoms with E-state index < -0.39 is 4.75 Å². The van der Waals surface area contributed by atoms with Crippen LogP contribution in [0.5, 0.6) is 0 Å². The summed E-state index contributed by atoms with van der Waals surface area (Å²) in [6, 6.07) is 0. The Morgan fingerprint density at radius 2 is 1.95 bits per heavy atom. The third kappa shape index (κ3) is 4.27. The molecule has 0 aliphatic carbocycles. The second-order valence-electron chi connectivity index (χ2n) is 5.67. The molecule has 0 spiro atoms. The van der Waals surface area contributed by atoms with Gasteiger partial charge in [0.05, 0.1) is 4.75 Å². The Morgan fingerprint density at radius 1 is 1.32 bits per heavy atom. The number of aliphatic hydroxyl groups excluding tert-OH is 1. The molecule has 1 unspecified atom stereocenters. The van der Waals surface area contributed by atoms with E-state index >= 15 is 0 Å². The first-order valence-electron chi connectivity index (χ1n) is 6.69. The predicted molar refractivity (Wildman–Crippen MR) is 83.4 cm³/mol. The molecule has 0 aromatic heterocycles. The Kier molecular flexibility index (Phi) is 5.48. The van der Waals surface area contributed by atoms with Gasteiger partial charge in [0.25, 0.3) is 0 Å². The van der Waals surface area contributed by atoms with E-state index in [1.165, 1.54) is 22.9 Å². The molecule has 1 rings (SSSR count). The van der Waals surface area contributed by atoms with Crippen LogP contribution in [0.1, 0.15) is 53.9 Å². The van der Waals surface area contributed by atoms with Crippen LogP contribution < -0.4 is 0 Å². The second-order valence-corrected chi connectivity index (χ2v) is 7.14. The van der Waals surface area contributed by atoms with E-state index in [1.807, 2.05) is 6.92 Å². The van der Waals surface area contributed by atoms with Crippen LogP contribution >= 0.6 is 11.8 Å². The van der Waals surface area contributed by atoms with Crippen molar-refractivity contribution in [2.45, 2.75) is 58.6 Å². The molecule has 1 aliphatic heterocycles. The summed E-state index contributed by atoms with van der Waals surface area (Å²) in [4.78, 5) is 11.6. The SMILES string of the molecule is CC(C)=CCC/C(C)=C/CC1(C)SC(=O)C(C)=C1O. The molecule has 0 saturated heterocycles. The molecule has 0 radical (unpaired) electrons. The van der Waals surface area contributed by atoms with Crippen molar-refractivity contribution in [1.29, 1.82) is 0 Å². The fraction of sp³-hybridized carbons (Fsp3) is 0.562. The summed E-state index contributed by atoms with van der Waals surface area (Å²) in [7, 11) is 0. The van der Waals surface area contributed by atoms with E-state index in [0.29, 0.717) is 12.0 Å². The van der Waals surface area contributed by atoms with E-state index in [-0.39, 0.29) is 10.9 Å². The van der Waals surface area contributed by atoms with Crippen LogP contribution in [0.4, 0.5) is 0 Å². The van der Waals surface area contributed by atoms with Gasteiger partial charge in [-0.15, -0.1) is 0 Å². The lowest BCUT2D eigenvalue weighted by atomic mass is 9.99. The maximum Gasteiger partial charge on any atom is 0.219 e. The quantitative estimate of drug-likeness (QED) is 0.725. The van der Waals surface area contributed by atoms with E-state index in [4.69, 9.17) is 0 Å². The largest absolute Gasteiger partial charge is 0.510 e. The summed E-state index contributed by atoms with van der Waals surface area (Å²) < 4.78 is -0.473. The molecule has 1 heterocycles. The van der Waals surface area contributed by atoms with Gasteiger partial charge in [0.15, 0.2) is 0 Å². The third-order valence-corrected chi connectivity index (χ3v) is 4.71. The highest BCUT2D eigenvalue weighted by molar-refractivity contribution is 8.15. The first-order chi connectivity index (χ1) is 8.76. The molecule has 1 aliphatic rings. The second kappa shape index (κ2) is 6.47. The summed E-state index contributed by atoms with van der Waals surface area (Å²) in [5.41, 5.74) is 3.15. The number of carbonyl (C=O) groups is 1. The minimum Gasteiger partial charge on any atom is -0.510 e. The van der Waals surface area contributed by atoms with Crippen LogP contribution in [0, 0.1) is 0 Å². The minimum atomic E-state index is -0.473. The summed E-state index contributed by atoms with van der Waals surface area (Å²) in [6.07, 6.45) is 7.16. The molecule has 106 valence electrons. The average molecular weight is 280 g/mol. The van der Waals surface area contributed by atoms with Gasteiger partial charge in [0, 0.05) is 5.57 Å². The molecule has 3 heteroatoms. The fourth-order valence-corrected chi connectivity index (χ4v) is 3.10. The highest BCUT2D eigenvalue weighted by Gasteiger charge is 2.40. The summed E-state index contributed by atoms with van der Waals surface area (Å²) in [5.74, 6) is 0.246. The van der Waals surface area contributed by atoms with Gasteiger partial charge >= 0.3 is 0 Å². The molecule has 0 aromatic rings. The number of hydrogen-bond acceptors (Lipinski definition) is 3. The molecule has 0 amide bonds. The molecule has 1 N–H and O–H groups in total. The monoisotopic (exact) mass is 280 g/mol. The van der Waals surface area contributed by atoms with Gasteiger partial charge in [0.2, 0.25) is 5.12 Å². The number of aliphatic hydroxyl groups is 1. The molecule has 19 heavy (non-hydrogen) atoms. The molecular formula is C16H24O2S. The van der Waals surface area contributed by atoms with Crippen LogP contribution in [0.15, 0.2) is 34.6 Å². The van der Waals surface area contributed by atoms with E-state index in [2.05, 4.69) is 32.9 Å². The fourth-order valence-electron chi connectivity index (χ4n) is 2.02. The third-order valence-electron chi connectivity index (χ3n) is 3.41. The van der Waals surface area contributed by atoms with Gasteiger partial charge in [-0.05, 0) is 53.9 Å². The lowest BCUT2D eigenvalue weighted by molar-refractivity contribution is -0.107. The van der Waals surface area contributed by atoms with Crippen molar-refractivity contribution in [2.75, 3.05) is 0 Å². The molecule has 0 fully saturated rings.